The SMILES string of the molecule is CC(=O)c1ccc(Nc2nc(OC(C)C(F)(F)F)nc(OC(C)C(F)(F)F)n2)cc1. The number of ketones is 1. The van der Waals surface area contributed by atoms with E-state index in [9.17, 15) is 31.1 Å². The number of hydrogen-bond acceptors (Lipinski definition) is 7. The number of carbonyl (C=O) groups is 1. The Balaban J connectivity index is 2.33. The summed E-state index contributed by atoms with van der Waals surface area (Å²) in [7, 11) is 0. The molecule has 0 spiro atoms. The molecule has 2 rings (SSSR count). The lowest BCUT2D eigenvalue weighted by Crippen LogP contribution is -2.33. The lowest BCUT2D eigenvalue weighted by atomic mass is 10.1. The average molecular weight is 438 g/mol. The first-order valence-corrected chi connectivity index (χ1v) is 8.36. The Labute approximate surface area is 166 Å². The summed E-state index contributed by atoms with van der Waals surface area (Å²) < 4.78 is 85.6. The molecule has 0 saturated carbocycles. The number of anilines is 2. The highest BCUT2D eigenvalue weighted by atomic mass is 19.4. The molecule has 1 heterocycles. The predicted molar refractivity (Wildman–Crippen MR) is 91.8 cm³/mol. The summed E-state index contributed by atoms with van der Waals surface area (Å²) in [6.45, 7) is 2.71. The highest BCUT2D eigenvalue weighted by molar-refractivity contribution is 5.94. The first-order valence-electron chi connectivity index (χ1n) is 8.36. The zero-order valence-corrected chi connectivity index (χ0v) is 15.8. The number of Topliss-reactive ketones (excluding diaryl/α,β-unsaturated/α-hetero) is 1. The van der Waals surface area contributed by atoms with Gasteiger partial charge in [-0.3, -0.25) is 4.79 Å². The zero-order valence-electron chi connectivity index (χ0n) is 15.8. The molecule has 0 fully saturated rings. The molecule has 1 N–H and O–H groups in total. The van der Waals surface area contributed by atoms with Gasteiger partial charge >= 0.3 is 24.4 Å². The number of alkyl halides is 6. The maximum Gasteiger partial charge on any atom is 0.425 e. The summed E-state index contributed by atoms with van der Waals surface area (Å²) in [6.07, 6.45) is -14.2. The van der Waals surface area contributed by atoms with Crippen LogP contribution in [0.25, 0.3) is 0 Å². The summed E-state index contributed by atoms with van der Waals surface area (Å²) in [4.78, 5) is 21.9. The minimum Gasteiger partial charge on any atom is -0.451 e. The van der Waals surface area contributed by atoms with Crippen molar-refractivity contribution in [1.29, 1.82) is 0 Å². The molecule has 2 aromatic rings. The number of aromatic nitrogens is 3. The van der Waals surface area contributed by atoms with Gasteiger partial charge in [-0.1, -0.05) is 0 Å². The van der Waals surface area contributed by atoms with Crippen LogP contribution in [0.3, 0.4) is 0 Å². The first-order chi connectivity index (χ1) is 13.8. The van der Waals surface area contributed by atoms with Crippen molar-refractivity contribution in [2.75, 3.05) is 5.32 Å². The van der Waals surface area contributed by atoms with Crippen LogP contribution in [0.4, 0.5) is 38.0 Å². The van der Waals surface area contributed by atoms with E-state index in [2.05, 4.69) is 29.7 Å². The van der Waals surface area contributed by atoms with Crippen LogP contribution in [-0.4, -0.2) is 45.3 Å². The van der Waals surface area contributed by atoms with Crippen LogP contribution in [0.1, 0.15) is 31.1 Å². The van der Waals surface area contributed by atoms with Crippen LogP contribution in [0.2, 0.25) is 0 Å². The third-order valence-electron chi connectivity index (χ3n) is 3.63. The van der Waals surface area contributed by atoms with Gasteiger partial charge in [0, 0.05) is 11.3 Å². The van der Waals surface area contributed by atoms with E-state index in [4.69, 9.17) is 0 Å². The van der Waals surface area contributed by atoms with Crippen molar-refractivity contribution in [3.63, 3.8) is 0 Å². The minimum atomic E-state index is -4.76. The number of nitrogens with one attached hydrogen (secondary N) is 1. The molecule has 0 aliphatic carbocycles. The molecule has 7 nitrogen and oxygen atoms in total. The van der Waals surface area contributed by atoms with E-state index in [1.807, 2.05) is 0 Å². The van der Waals surface area contributed by atoms with Crippen molar-refractivity contribution >= 4 is 17.4 Å². The van der Waals surface area contributed by atoms with Gasteiger partial charge in [-0.25, -0.2) is 0 Å². The fourth-order valence-electron chi connectivity index (χ4n) is 1.87. The molecule has 30 heavy (non-hydrogen) atoms. The fraction of sp³-hybridized carbons (Fsp3) is 0.412. The zero-order chi connectivity index (χ0) is 22.7. The van der Waals surface area contributed by atoms with Gasteiger partial charge in [0.2, 0.25) is 5.95 Å². The second-order valence-corrected chi connectivity index (χ2v) is 6.09. The molecule has 0 aliphatic rings. The van der Waals surface area contributed by atoms with Crippen LogP contribution in [0, 0.1) is 0 Å². The summed E-state index contributed by atoms with van der Waals surface area (Å²) in [5.41, 5.74) is 0.693. The number of ether oxygens (including phenoxy) is 2. The average Bonchev–Trinajstić information content (AvgIpc) is 2.60. The van der Waals surface area contributed by atoms with E-state index in [1.54, 1.807) is 0 Å². The second kappa shape index (κ2) is 8.71. The summed E-state index contributed by atoms with van der Waals surface area (Å²) in [5.74, 6) is -0.621. The van der Waals surface area contributed by atoms with Crippen molar-refractivity contribution in [2.24, 2.45) is 0 Å². The van der Waals surface area contributed by atoms with Crippen LogP contribution >= 0.6 is 0 Å². The summed E-state index contributed by atoms with van der Waals surface area (Å²) in [5, 5.41) is 2.58. The Bertz CT molecular complexity index is 846. The minimum absolute atomic E-state index is 0.199. The normalized spacial score (nSPS) is 14.0. The molecule has 0 amide bonds. The Hall–Kier alpha value is -3.12. The highest BCUT2D eigenvalue weighted by Crippen LogP contribution is 2.27. The third kappa shape index (κ3) is 6.46. The Morgan fingerprint density at radius 3 is 1.67 bits per heavy atom. The van der Waals surface area contributed by atoms with Crippen LogP contribution in [-0.2, 0) is 0 Å². The molecular formula is C17H16F6N4O3. The lowest BCUT2D eigenvalue weighted by Gasteiger charge is -2.19. The molecule has 2 unspecified atom stereocenters. The van der Waals surface area contributed by atoms with E-state index in [-0.39, 0.29) is 5.78 Å². The van der Waals surface area contributed by atoms with Crippen LogP contribution in [0.5, 0.6) is 12.0 Å². The number of hydrogen-bond donors (Lipinski definition) is 1. The number of carbonyl (C=O) groups excluding carboxylic acids is 1. The summed E-state index contributed by atoms with van der Waals surface area (Å²) >= 11 is 0. The van der Waals surface area contributed by atoms with Crippen LogP contribution < -0.4 is 14.8 Å². The van der Waals surface area contributed by atoms with Gasteiger partial charge in [-0.05, 0) is 45.0 Å². The van der Waals surface area contributed by atoms with Gasteiger partial charge in [-0.2, -0.15) is 36.3 Å². The van der Waals surface area contributed by atoms with Crippen molar-refractivity contribution in [1.82, 2.24) is 15.0 Å². The molecule has 164 valence electrons. The number of benzene rings is 1. The second-order valence-electron chi connectivity index (χ2n) is 6.09. The maximum absolute atomic E-state index is 12.7. The van der Waals surface area contributed by atoms with E-state index in [1.165, 1.54) is 31.2 Å². The topological polar surface area (TPSA) is 86.2 Å². The van der Waals surface area contributed by atoms with E-state index < -0.39 is 42.5 Å². The third-order valence-corrected chi connectivity index (χ3v) is 3.63. The van der Waals surface area contributed by atoms with Gasteiger partial charge in [0.25, 0.3) is 0 Å². The standard InChI is InChI=1S/C17H16F6N4O3/c1-8(28)11-4-6-12(7-5-11)24-13-25-14(29-9(2)16(18,19)20)27-15(26-13)30-10(3)17(21,22)23/h4-7,9-10H,1-3H3,(H,24,25,26,27). The van der Waals surface area contributed by atoms with Gasteiger partial charge < -0.3 is 14.8 Å². The molecule has 0 aliphatic heterocycles. The fourth-order valence-corrected chi connectivity index (χ4v) is 1.87. The van der Waals surface area contributed by atoms with Crippen molar-refractivity contribution in [3.8, 4) is 12.0 Å². The molecular weight excluding hydrogens is 422 g/mol. The van der Waals surface area contributed by atoms with E-state index in [0.29, 0.717) is 25.1 Å². The van der Waals surface area contributed by atoms with Gasteiger partial charge in [0.05, 0.1) is 0 Å². The number of rotatable bonds is 7. The lowest BCUT2D eigenvalue weighted by molar-refractivity contribution is -0.192. The molecule has 1 aromatic heterocycles. The Morgan fingerprint density at radius 2 is 1.30 bits per heavy atom. The maximum atomic E-state index is 12.7. The first kappa shape index (κ1) is 23.2. The van der Waals surface area contributed by atoms with Gasteiger partial charge in [0.15, 0.2) is 18.0 Å². The molecule has 0 saturated heterocycles. The van der Waals surface area contributed by atoms with Crippen molar-refractivity contribution in [2.45, 2.75) is 45.3 Å². The largest absolute Gasteiger partial charge is 0.451 e. The van der Waals surface area contributed by atoms with Gasteiger partial charge in [-0.15, -0.1) is 4.98 Å². The monoisotopic (exact) mass is 438 g/mol. The van der Waals surface area contributed by atoms with Gasteiger partial charge in [0.1, 0.15) is 0 Å². The Morgan fingerprint density at radius 1 is 0.867 bits per heavy atom. The Kier molecular flexibility index (Phi) is 6.73. The summed E-state index contributed by atoms with van der Waals surface area (Å²) in [6, 6.07) is 4.02. The molecule has 1 aromatic carbocycles. The molecule has 0 radical (unpaired) electrons. The van der Waals surface area contributed by atoms with E-state index >= 15 is 0 Å². The smallest absolute Gasteiger partial charge is 0.425 e. The number of halogens is 6. The van der Waals surface area contributed by atoms with E-state index in [0.717, 1.165) is 0 Å². The predicted octanol–water partition coefficient (Wildman–Crippen LogP) is 4.48. The van der Waals surface area contributed by atoms with Crippen molar-refractivity contribution in [3.05, 3.63) is 29.8 Å². The van der Waals surface area contributed by atoms with Crippen molar-refractivity contribution < 1.29 is 40.6 Å². The quantitative estimate of drug-likeness (QED) is 0.504. The number of nitrogens with zero attached hydrogens (tertiary/aromatic N) is 3. The highest BCUT2D eigenvalue weighted by Gasteiger charge is 2.40. The molecule has 2 atom stereocenters. The molecule has 0 bridgehead atoms. The van der Waals surface area contributed by atoms with Crippen LogP contribution in [0.15, 0.2) is 24.3 Å². The molecule has 13 heteroatoms.